The Labute approximate surface area is 217 Å². The van der Waals surface area contributed by atoms with Gasteiger partial charge in [-0.1, -0.05) is 39.0 Å². The Morgan fingerprint density at radius 1 is 1.11 bits per heavy atom. The molecule has 1 saturated carbocycles. The maximum Gasteiger partial charge on any atom is 0.305 e. The van der Waals surface area contributed by atoms with E-state index in [0.717, 1.165) is 31.2 Å². The molecule has 0 bridgehead atoms. The molecule has 1 atom stereocenters. The standard InChI is InChI=1S/C29H36FN3O4/c1-29(2,3)21-11-13-24(14-12-21)33-25(18-37-28(33)32-23-6-4-5-22(30)17-23)19-7-9-20(10-8-19)27(36)31-16-15-26(34)35/h4-10,17,21,24-25H,11-16,18H2,1-3H3,(H,31,36)(H,34,35). The van der Waals surface area contributed by atoms with Crippen LogP contribution >= 0.6 is 0 Å². The molecule has 8 heteroatoms. The predicted octanol–water partition coefficient (Wildman–Crippen LogP) is 5.70. The number of benzene rings is 2. The summed E-state index contributed by atoms with van der Waals surface area (Å²) in [6.07, 6.45) is 4.17. The predicted molar refractivity (Wildman–Crippen MR) is 140 cm³/mol. The van der Waals surface area contributed by atoms with Crippen LogP contribution in [0, 0.1) is 17.2 Å². The van der Waals surface area contributed by atoms with Gasteiger partial charge in [-0.2, -0.15) is 4.99 Å². The molecule has 2 aromatic rings. The third-order valence-corrected chi connectivity index (χ3v) is 7.46. The van der Waals surface area contributed by atoms with Crippen LogP contribution in [0.3, 0.4) is 0 Å². The van der Waals surface area contributed by atoms with Crippen LogP contribution in [-0.2, 0) is 9.53 Å². The van der Waals surface area contributed by atoms with Gasteiger partial charge in [0.2, 0.25) is 0 Å². The summed E-state index contributed by atoms with van der Waals surface area (Å²) in [7, 11) is 0. The normalized spacial score (nSPS) is 23.1. The summed E-state index contributed by atoms with van der Waals surface area (Å²) in [6.45, 7) is 7.40. The third-order valence-electron chi connectivity index (χ3n) is 7.46. The number of carboxylic acid groups (broad SMARTS) is 1. The van der Waals surface area contributed by atoms with E-state index in [1.165, 1.54) is 12.1 Å². The van der Waals surface area contributed by atoms with Crippen molar-refractivity contribution in [2.24, 2.45) is 16.3 Å². The average Bonchev–Trinajstić information content (AvgIpc) is 3.26. The summed E-state index contributed by atoms with van der Waals surface area (Å²) in [5.41, 5.74) is 2.26. The molecule has 1 aliphatic heterocycles. The first kappa shape index (κ1) is 26.6. The van der Waals surface area contributed by atoms with E-state index >= 15 is 0 Å². The lowest BCUT2D eigenvalue weighted by molar-refractivity contribution is -0.136. The van der Waals surface area contributed by atoms with E-state index in [0.29, 0.717) is 29.8 Å². The SMILES string of the molecule is CC(C)(C)C1CCC(N2C(=Nc3cccc(F)c3)OCC2c2ccc(C(=O)NCCC(=O)O)cc2)CC1. The Morgan fingerprint density at radius 3 is 2.43 bits per heavy atom. The minimum Gasteiger partial charge on any atom is -0.481 e. The van der Waals surface area contributed by atoms with E-state index in [9.17, 15) is 14.0 Å². The zero-order valence-electron chi connectivity index (χ0n) is 21.7. The van der Waals surface area contributed by atoms with Gasteiger partial charge in [-0.3, -0.25) is 9.59 Å². The van der Waals surface area contributed by atoms with E-state index in [-0.39, 0.29) is 42.2 Å². The minimum atomic E-state index is -0.954. The van der Waals surface area contributed by atoms with Crippen molar-refractivity contribution >= 4 is 23.6 Å². The Hall–Kier alpha value is -3.42. The van der Waals surface area contributed by atoms with Crippen LogP contribution in [0.15, 0.2) is 53.5 Å². The second-order valence-electron chi connectivity index (χ2n) is 11.0. The number of amidine groups is 1. The molecule has 0 spiro atoms. The highest BCUT2D eigenvalue weighted by atomic mass is 19.1. The van der Waals surface area contributed by atoms with Gasteiger partial charge in [0.15, 0.2) is 0 Å². The van der Waals surface area contributed by atoms with Gasteiger partial charge in [-0.05, 0) is 72.9 Å². The van der Waals surface area contributed by atoms with Crippen molar-refractivity contribution < 1.29 is 23.8 Å². The quantitative estimate of drug-likeness (QED) is 0.500. The van der Waals surface area contributed by atoms with E-state index < -0.39 is 5.97 Å². The van der Waals surface area contributed by atoms with Crippen molar-refractivity contribution in [3.8, 4) is 0 Å². The lowest BCUT2D eigenvalue weighted by Crippen LogP contribution is -2.42. The number of amides is 1. The van der Waals surface area contributed by atoms with Gasteiger partial charge < -0.3 is 20.1 Å². The zero-order valence-corrected chi connectivity index (χ0v) is 21.7. The van der Waals surface area contributed by atoms with Crippen LogP contribution in [0.1, 0.15) is 74.8 Å². The number of hydrogen-bond donors (Lipinski definition) is 2. The number of carbonyl (C=O) groups is 2. The zero-order chi connectivity index (χ0) is 26.6. The van der Waals surface area contributed by atoms with Gasteiger partial charge in [0.1, 0.15) is 12.4 Å². The number of nitrogens with zero attached hydrogens (tertiary/aromatic N) is 2. The van der Waals surface area contributed by atoms with Crippen molar-refractivity contribution in [3.05, 3.63) is 65.5 Å². The van der Waals surface area contributed by atoms with Gasteiger partial charge in [0.05, 0.1) is 18.2 Å². The molecule has 1 heterocycles. The van der Waals surface area contributed by atoms with E-state index in [2.05, 4.69) is 36.0 Å². The van der Waals surface area contributed by atoms with Gasteiger partial charge in [0.25, 0.3) is 11.9 Å². The molecule has 4 rings (SSSR count). The highest BCUT2D eigenvalue weighted by molar-refractivity contribution is 5.94. The van der Waals surface area contributed by atoms with Crippen molar-refractivity contribution in [1.29, 1.82) is 0 Å². The molecule has 2 N–H and O–H groups in total. The molecule has 2 fully saturated rings. The van der Waals surface area contributed by atoms with Crippen LogP contribution in [0.4, 0.5) is 10.1 Å². The molecule has 37 heavy (non-hydrogen) atoms. The number of ether oxygens (including phenoxy) is 1. The number of rotatable bonds is 7. The fourth-order valence-electron chi connectivity index (χ4n) is 5.32. The molecule has 198 valence electrons. The Morgan fingerprint density at radius 2 is 1.81 bits per heavy atom. The average molecular weight is 510 g/mol. The molecule has 2 aromatic carbocycles. The first-order valence-electron chi connectivity index (χ1n) is 13.0. The minimum absolute atomic E-state index is 0.0763. The molecule has 0 radical (unpaired) electrons. The maximum absolute atomic E-state index is 13.8. The van der Waals surface area contributed by atoms with Crippen molar-refractivity contribution in [2.75, 3.05) is 13.2 Å². The molecule has 1 aliphatic carbocycles. The van der Waals surface area contributed by atoms with Crippen LogP contribution in [0.25, 0.3) is 0 Å². The number of nitrogens with one attached hydrogen (secondary N) is 1. The lowest BCUT2D eigenvalue weighted by atomic mass is 9.71. The fraction of sp³-hybridized carbons (Fsp3) is 0.483. The molecule has 1 unspecified atom stereocenters. The van der Waals surface area contributed by atoms with E-state index in [1.54, 1.807) is 24.3 Å². The van der Waals surface area contributed by atoms with E-state index in [1.807, 2.05) is 12.1 Å². The smallest absolute Gasteiger partial charge is 0.305 e. The summed E-state index contributed by atoms with van der Waals surface area (Å²) in [5, 5.41) is 11.4. The summed E-state index contributed by atoms with van der Waals surface area (Å²) >= 11 is 0. The number of halogens is 1. The molecule has 1 amide bonds. The van der Waals surface area contributed by atoms with Gasteiger partial charge >= 0.3 is 5.97 Å². The topological polar surface area (TPSA) is 91.2 Å². The Bertz CT molecular complexity index is 1130. The van der Waals surface area contributed by atoms with E-state index in [4.69, 9.17) is 9.84 Å². The molecule has 0 aromatic heterocycles. The van der Waals surface area contributed by atoms with Crippen molar-refractivity contribution in [1.82, 2.24) is 10.2 Å². The van der Waals surface area contributed by atoms with Crippen LogP contribution in [0.5, 0.6) is 0 Å². The number of aliphatic imine (C=N–C) groups is 1. The second kappa shape index (κ2) is 11.3. The fourth-order valence-corrected chi connectivity index (χ4v) is 5.32. The maximum atomic E-state index is 13.8. The number of aliphatic carboxylic acids is 1. The largest absolute Gasteiger partial charge is 0.481 e. The summed E-state index contributed by atoms with van der Waals surface area (Å²) in [5.74, 6) is -0.940. The van der Waals surface area contributed by atoms with Crippen LogP contribution in [-0.4, -0.2) is 47.1 Å². The first-order valence-corrected chi connectivity index (χ1v) is 13.0. The molecular weight excluding hydrogens is 473 g/mol. The van der Waals surface area contributed by atoms with Gasteiger partial charge in [-0.15, -0.1) is 0 Å². The lowest BCUT2D eigenvalue weighted by Gasteiger charge is -2.41. The Kier molecular flexibility index (Phi) is 8.15. The highest BCUT2D eigenvalue weighted by Crippen LogP contribution is 2.42. The van der Waals surface area contributed by atoms with Crippen molar-refractivity contribution in [3.63, 3.8) is 0 Å². The molecule has 2 aliphatic rings. The monoisotopic (exact) mass is 509 g/mol. The van der Waals surface area contributed by atoms with Gasteiger partial charge in [0, 0.05) is 18.2 Å². The molecule has 1 saturated heterocycles. The highest BCUT2D eigenvalue weighted by Gasteiger charge is 2.40. The van der Waals surface area contributed by atoms with Crippen LogP contribution in [0.2, 0.25) is 0 Å². The molecular formula is C29H36FN3O4. The first-order chi connectivity index (χ1) is 17.6. The number of hydrogen-bond acceptors (Lipinski definition) is 4. The molecule has 7 nitrogen and oxygen atoms in total. The second-order valence-corrected chi connectivity index (χ2v) is 11.0. The Balaban J connectivity index is 1.55. The summed E-state index contributed by atoms with van der Waals surface area (Å²) in [4.78, 5) is 30.0. The van der Waals surface area contributed by atoms with Gasteiger partial charge in [-0.25, -0.2) is 4.39 Å². The van der Waals surface area contributed by atoms with Crippen LogP contribution < -0.4 is 5.32 Å². The summed E-state index contributed by atoms with van der Waals surface area (Å²) in [6, 6.07) is 14.2. The van der Waals surface area contributed by atoms with Crippen molar-refractivity contribution in [2.45, 2.75) is 65.0 Å². The number of carbonyl (C=O) groups excluding carboxylic acids is 1. The summed E-state index contributed by atoms with van der Waals surface area (Å²) < 4.78 is 19.9. The number of carboxylic acids is 1. The third kappa shape index (κ3) is 6.67.